The number of hydroxylamine groups is 1. The topological polar surface area (TPSA) is 85.9 Å². The fourth-order valence-electron chi connectivity index (χ4n) is 3.04. The number of amides is 2. The third kappa shape index (κ3) is 8.47. The molecule has 2 amide bonds. The first-order valence-electron chi connectivity index (χ1n) is 10.7. The Kier molecular flexibility index (Phi) is 9.15. The maximum absolute atomic E-state index is 12.8. The van der Waals surface area contributed by atoms with Crippen LogP contribution < -0.4 is 20.3 Å². The fourth-order valence-corrected chi connectivity index (χ4v) is 3.17. The number of carbonyl (C=O) groups is 2. The Balaban J connectivity index is 1.67. The van der Waals surface area contributed by atoms with Gasteiger partial charge >= 0.3 is 6.36 Å². The molecule has 3 aromatic rings. The van der Waals surface area contributed by atoms with Crippen LogP contribution in [0, 0.1) is 0 Å². The van der Waals surface area contributed by atoms with E-state index in [1.165, 1.54) is 24.3 Å². The smallest absolute Gasteiger partial charge is 0.457 e. The number of nitrogens with one attached hydrogen (secondary N) is 2. The molecule has 0 aliphatic rings. The van der Waals surface area contributed by atoms with Gasteiger partial charge in [0.15, 0.2) is 0 Å². The van der Waals surface area contributed by atoms with Crippen molar-refractivity contribution in [2.45, 2.75) is 25.7 Å². The standard InChI is InChI=1S/C25H22ClF3N2O5/c1-2-34-31-24(33)22(15-16-3-9-21(10-4-16)36-25(27,28)29)30-23(32)17-5-11-19(12-6-17)35-20-13-7-18(26)8-14-20/h3-14,22H,2,15H2,1H3,(H,30,32)(H,31,33). The van der Waals surface area contributed by atoms with Crippen LogP contribution in [0.25, 0.3) is 0 Å². The number of rotatable bonds is 10. The van der Waals surface area contributed by atoms with E-state index in [0.717, 1.165) is 12.1 Å². The second-order valence-electron chi connectivity index (χ2n) is 7.40. The van der Waals surface area contributed by atoms with Crippen LogP contribution in [0.2, 0.25) is 5.02 Å². The van der Waals surface area contributed by atoms with E-state index >= 15 is 0 Å². The van der Waals surface area contributed by atoms with Crippen molar-refractivity contribution in [2.24, 2.45) is 0 Å². The van der Waals surface area contributed by atoms with E-state index in [9.17, 15) is 22.8 Å². The number of halogens is 4. The van der Waals surface area contributed by atoms with Crippen LogP contribution in [0.15, 0.2) is 72.8 Å². The predicted molar refractivity (Wildman–Crippen MR) is 126 cm³/mol. The second kappa shape index (κ2) is 12.3. The zero-order valence-corrected chi connectivity index (χ0v) is 19.7. The van der Waals surface area contributed by atoms with Gasteiger partial charge in [0, 0.05) is 17.0 Å². The lowest BCUT2D eigenvalue weighted by Gasteiger charge is -2.19. The Hall–Kier alpha value is -3.76. The van der Waals surface area contributed by atoms with Crippen molar-refractivity contribution in [3.63, 3.8) is 0 Å². The highest BCUT2D eigenvalue weighted by atomic mass is 35.5. The summed E-state index contributed by atoms with van der Waals surface area (Å²) in [6.07, 6.45) is -4.82. The average Bonchev–Trinajstić information content (AvgIpc) is 2.84. The number of hydrogen-bond acceptors (Lipinski definition) is 5. The van der Waals surface area contributed by atoms with Gasteiger partial charge in [-0.1, -0.05) is 23.7 Å². The van der Waals surface area contributed by atoms with Gasteiger partial charge in [-0.25, -0.2) is 5.48 Å². The Morgan fingerprint density at radius 3 is 2.00 bits per heavy atom. The number of carbonyl (C=O) groups excluding carboxylic acids is 2. The molecule has 1 atom stereocenters. The summed E-state index contributed by atoms with van der Waals surface area (Å²) in [7, 11) is 0. The Bertz CT molecular complexity index is 1150. The normalized spacial score (nSPS) is 11.9. The van der Waals surface area contributed by atoms with E-state index in [4.69, 9.17) is 21.2 Å². The van der Waals surface area contributed by atoms with Crippen molar-refractivity contribution in [3.8, 4) is 17.2 Å². The van der Waals surface area contributed by atoms with Gasteiger partial charge in [0.1, 0.15) is 23.3 Å². The summed E-state index contributed by atoms with van der Waals surface area (Å²) in [6, 6.07) is 16.9. The molecule has 0 fully saturated rings. The summed E-state index contributed by atoms with van der Waals surface area (Å²) >= 11 is 5.86. The van der Waals surface area contributed by atoms with Gasteiger partial charge in [0.2, 0.25) is 0 Å². The fraction of sp³-hybridized carbons (Fsp3) is 0.200. The van der Waals surface area contributed by atoms with E-state index in [1.807, 2.05) is 0 Å². The maximum Gasteiger partial charge on any atom is 0.573 e. The quantitative estimate of drug-likeness (QED) is 0.346. The summed E-state index contributed by atoms with van der Waals surface area (Å²) in [5.74, 6) is -0.506. The Morgan fingerprint density at radius 2 is 1.44 bits per heavy atom. The molecule has 3 rings (SSSR count). The van der Waals surface area contributed by atoms with Crippen LogP contribution in [-0.4, -0.2) is 30.8 Å². The highest BCUT2D eigenvalue weighted by Crippen LogP contribution is 2.24. The summed E-state index contributed by atoms with van der Waals surface area (Å²) in [5.41, 5.74) is 2.99. The molecule has 2 N–H and O–H groups in total. The zero-order chi connectivity index (χ0) is 26.1. The van der Waals surface area contributed by atoms with E-state index in [1.54, 1.807) is 43.3 Å². The van der Waals surface area contributed by atoms with Gasteiger partial charge < -0.3 is 14.8 Å². The summed E-state index contributed by atoms with van der Waals surface area (Å²) < 4.78 is 46.7. The first-order chi connectivity index (χ1) is 17.1. The molecule has 0 spiro atoms. The minimum absolute atomic E-state index is 0.00525. The maximum atomic E-state index is 12.8. The van der Waals surface area contributed by atoms with E-state index in [-0.39, 0.29) is 18.6 Å². The molecule has 0 aliphatic carbocycles. The van der Waals surface area contributed by atoms with Gasteiger partial charge in [-0.2, -0.15) is 0 Å². The molecule has 1 unspecified atom stereocenters. The lowest BCUT2D eigenvalue weighted by atomic mass is 10.0. The molecule has 0 saturated carbocycles. The molecule has 190 valence electrons. The lowest BCUT2D eigenvalue weighted by Crippen LogP contribution is -2.48. The molecule has 0 aromatic heterocycles. The minimum Gasteiger partial charge on any atom is -0.457 e. The van der Waals surface area contributed by atoms with E-state index in [0.29, 0.717) is 22.1 Å². The van der Waals surface area contributed by atoms with E-state index in [2.05, 4.69) is 15.5 Å². The molecule has 3 aromatic carbocycles. The van der Waals surface area contributed by atoms with Gasteiger partial charge in [0.25, 0.3) is 11.8 Å². The van der Waals surface area contributed by atoms with Crippen molar-refractivity contribution >= 4 is 23.4 Å². The van der Waals surface area contributed by atoms with Gasteiger partial charge in [-0.15, -0.1) is 13.2 Å². The van der Waals surface area contributed by atoms with Crippen LogP contribution in [-0.2, 0) is 16.1 Å². The first-order valence-corrected chi connectivity index (χ1v) is 11.1. The number of benzene rings is 3. The third-order valence-electron chi connectivity index (χ3n) is 4.70. The van der Waals surface area contributed by atoms with Crippen molar-refractivity contribution in [3.05, 3.63) is 88.9 Å². The second-order valence-corrected chi connectivity index (χ2v) is 7.84. The van der Waals surface area contributed by atoms with Crippen molar-refractivity contribution < 1.29 is 37.1 Å². The lowest BCUT2D eigenvalue weighted by molar-refractivity contribution is -0.274. The molecule has 0 heterocycles. The summed E-state index contributed by atoms with van der Waals surface area (Å²) in [6.45, 7) is 1.87. The monoisotopic (exact) mass is 522 g/mol. The average molecular weight is 523 g/mol. The van der Waals surface area contributed by atoms with Gasteiger partial charge in [-0.05, 0) is 73.2 Å². The summed E-state index contributed by atoms with van der Waals surface area (Å²) in [5, 5.41) is 3.19. The SMILES string of the molecule is CCONC(=O)C(Cc1ccc(OC(F)(F)F)cc1)NC(=O)c1ccc(Oc2ccc(Cl)cc2)cc1. The molecular weight excluding hydrogens is 501 g/mol. The van der Waals surface area contributed by atoms with E-state index < -0.39 is 30.0 Å². The molecular formula is C25H22ClF3N2O5. The molecule has 0 radical (unpaired) electrons. The number of alkyl halides is 3. The van der Waals surface area contributed by atoms with Gasteiger partial charge in [-0.3, -0.25) is 14.4 Å². The molecule has 36 heavy (non-hydrogen) atoms. The zero-order valence-electron chi connectivity index (χ0n) is 19.0. The van der Waals surface area contributed by atoms with Crippen LogP contribution in [0.5, 0.6) is 17.2 Å². The van der Waals surface area contributed by atoms with Crippen molar-refractivity contribution in [2.75, 3.05) is 6.61 Å². The predicted octanol–water partition coefficient (Wildman–Crippen LogP) is 5.44. The van der Waals surface area contributed by atoms with Crippen molar-refractivity contribution in [1.29, 1.82) is 0 Å². The highest BCUT2D eigenvalue weighted by Gasteiger charge is 2.31. The molecule has 11 heteroatoms. The van der Waals surface area contributed by atoms with Crippen LogP contribution in [0.1, 0.15) is 22.8 Å². The third-order valence-corrected chi connectivity index (χ3v) is 4.95. The highest BCUT2D eigenvalue weighted by molar-refractivity contribution is 6.30. The molecule has 7 nitrogen and oxygen atoms in total. The molecule has 0 bridgehead atoms. The largest absolute Gasteiger partial charge is 0.573 e. The summed E-state index contributed by atoms with van der Waals surface area (Å²) in [4.78, 5) is 30.3. The Labute approximate surface area is 210 Å². The first kappa shape index (κ1) is 26.8. The van der Waals surface area contributed by atoms with Gasteiger partial charge in [0.05, 0.1) is 6.61 Å². The van der Waals surface area contributed by atoms with Crippen LogP contribution in [0.4, 0.5) is 13.2 Å². The minimum atomic E-state index is -4.81. The van der Waals surface area contributed by atoms with Crippen LogP contribution in [0.3, 0.4) is 0 Å². The number of ether oxygens (including phenoxy) is 2. The number of hydrogen-bond donors (Lipinski definition) is 2. The van der Waals surface area contributed by atoms with Crippen molar-refractivity contribution in [1.82, 2.24) is 10.8 Å². The molecule has 0 saturated heterocycles. The Morgan fingerprint density at radius 1 is 0.889 bits per heavy atom. The molecule has 0 aliphatic heterocycles. The van der Waals surface area contributed by atoms with Crippen LogP contribution >= 0.6 is 11.6 Å².